The number of nitro benzene ring substituents is 1. The smallest absolute Gasteiger partial charge is 0.279 e. The van der Waals surface area contributed by atoms with Gasteiger partial charge < -0.3 is 5.11 Å². The van der Waals surface area contributed by atoms with E-state index in [1.54, 1.807) is 30.5 Å². The van der Waals surface area contributed by atoms with Crippen molar-refractivity contribution in [2.24, 2.45) is 0 Å². The minimum atomic E-state index is -0.415. The summed E-state index contributed by atoms with van der Waals surface area (Å²) in [5.74, 6) is 0. The van der Waals surface area contributed by atoms with Gasteiger partial charge in [0.1, 0.15) is 5.52 Å². The third kappa shape index (κ3) is 1.96. The van der Waals surface area contributed by atoms with Crippen LogP contribution in [-0.2, 0) is 6.42 Å². The van der Waals surface area contributed by atoms with Gasteiger partial charge in [-0.05, 0) is 18.2 Å². The first kappa shape index (κ1) is 12.4. The maximum atomic E-state index is 11.2. The van der Waals surface area contributed by atoms with E-state index in [0.29, 0.717) is 33.9 Å². The van der Waals surface area contributed by atoms with E-state index in [0.717, 1.165) is 0 Å². The fourth-order valence-electron chi connectivity index (χ4n) is 2.25. The second-order valence-corrected chi connectivity index (χ2v) is 4.40. The lowest BCUT2D eigenvalue weighted by atomic mass is 10.1. The van der Waals surface area contributed by atoms with Gasteiger partial charge in [-0.1, -0.05) is 6.07 Å². The van der Waals surface area contributed by atoms with Crippen molar-refractivity contribution in [3.8, 4) is 0 Å². The van der Waals surface area contributed by atoms with E-state index in [1.165, 1.54) is 6.07 Å². The van der Waals surface area contributed by atoms with Gasteiger partial charge in [0.2, 0.25) is 0 Å². The molecule has 0 radical (unpaired) electrons. The molecule has 20 heavy (non-hydrogen) atoms. The normalized spacial score (nSPS) is 11.1. The Bertz CT molecular complexity index is 817. The Morgan fingerprint density at radius 1 is 1.25 bits per heavy atom. The molecular weight excluding hydrogens is 258 g/mol. The Hall–Kier alpha value is -2.60. The second kappa shape index (κ2) is 4.82. The zero-order chi connectivity index (χ0) is 14.1. The SMILES string of the molecule is O=[N+]([O-])c1cc2cccnc2c2nc(CCO)ccc12. The second-order valence-electron chi connectivity index (χ2n) is 4.40. The largest absolute Gasteiger partial charge is 0.396 e. The molecule has 0 spiro atoms. The van der Waals surface area contributed by atoms with Crippen LogP contribution in [0.5, 0.6) is 0 Å². The Morgan fingerprint density at radius 3 is 2.85 bits per heavy atom. The first-order chi connectivity index (χ1) is 9.70. The van der Waals surface area contributed by atoms with Crippen molar-refractivity contribution in [1.29, 1.82) is 0 Å². The number of hydrogen-bond acceptors (Lipinski definition) is 5. The van der Waals surface area contributed by atoms with E-state index in [1.807, 2.05) is 0 Å². The van der Waals surface area contributed by atoms with Crippen LogP contribution in [0.2, 0.25) is 0 Å². The van der Waals surface area contributed by atoms with Crippen LogP contribution in [0, 0.1) is 10.1 Å². The van der Waals surface area contributed by atoms with Crippen LogP contribution < -0.4 is 0 Å². The van der Waals surface area contributed by atoms with Crippen LogP contribution in [0.25, 0.3) is 21.8 Å². The Morgan fingerprint density at radius 2 is 2.10 bits per heavy atom. The average Bonchev–Trinajstić information content (AvgIpc) is 2.46. The number of aliphatic hydroxyl groups excluding tert-OH is 1. The van der Waals surface area contributed by atoms with Gasteiger partial charge in [0.25, 0.3) is 5.69 Å². The summed E-state index contributed by atoms with van der Waals surface area (Å²) in [6.45, 7) is -0.0151. The van der Waals surface area contributed by atoms with Gasteiger partial charge in [0.05, 0.1) is 15.8 Å². The molecule has 0 unspecified atom stereocenters. The maximum Gasteiger partial charge on any atom is 0.279 e. The van der Waals surface area contributed by atoms with Gasteiger partial charge >= 0.3 is 0 Å². The molecule has 0 fully saturated rings. The van der Waals surface area contributed by atoms with Gasteiger partial charge in [-0.25, -0.2) is 0 Å². The van der Waals surface area contributed by atoms with Crippen molar-refractivity contribution in [3.63, 3.8) is 0 Å². The first-order valence-electron chi connectivity index (χ1n) is 6.13. The minimum absolute atomic E-state index is 0.0151. The molecule has 0 aliphatic rings. The lowest BCUT2D eigenvalue weighted by Gasteiger charge is -2.05. The number of hydrogen-bond donors (Lipinski definition) is 1. The molecule has 0 saturated carbocycles. The molecule has 0 atom stereocenters. The summed E-state index contributed by atoms with van der Waals surface area (Å²) in [7, 11) is 0. The molecule has 0 bridgehead atoms. The monoisotopic (exact) mass is 269 g/mol. The summed E-state index contributed by atoms with van der Waals surface area (Å²) in [5.41, 5.74) is 1.84. The molecule has 2 heterocycles. The van der Waals surface area contributed by atoms with Crippen molar-refractivity contribution in [2.75, 3.05) is 6.61 Å². The number of non-ortho nitro benzene ring substituents is 1. The van der Waals surface area contributed by atoms with Gasteiger partial charge in [-0.2, -0.15) is 0 Å². The highest BCUT2D eigenvalue weighted by Gasteiger charge is 2.16. The van der Waals surface area contributed by atoms with Crippen LogP contribution in [0.3, 0.4) is 0 Å². The zero-order valence-corrected chi connectivity index (χ0v) is 10.5. The molecule has 0 saturated heterocycles. The fourth-order valence-corrected chi connectivity index (χ4v) is 2.25. The van der Waals surface area contributed by atoms with Gasteiger partial charge in [-0.3, -0.25) is 20.1 Å². The lowest BCUT2D eigenvalue weighted by Crippen LogP contribution is -1.98. The van der Waals surface area contributed by atoms with E-state index < -0.39 is 4.92 Å². The quantitative estimate of drug-likeness (QED) is 0.447. The Labute approximate surface area is 113 Å². The summed E-state index contributed by atoms with van der Waals surface area (Å²) in [5, 5.41) is 21.3. The number of aromatic nitrogens is 2. The number of rotatable bonds is 3. The fraction of sp³-hybridized carbons (Fsp3) is 0.143. The van der Waals surface area contributed by atoms with Crippen LogP contribution in [0.15, 0.2) is 36.5 Å². The average molecular weight is 269 g/mol. The maximum absolute atomic E-state index is 11.2. The van der Waals surface area contributed by atoms with Gasteiger partial charge in [0, 0.05) is 36.4 Å². The van der Waals surface area contributed by atoms with Crippen LogP contribution in [-0.4, -0.2) is 26.6 Å². The topological polar surface area (TPSA) is 89.2 Å². The van der Waals surface area contributed by atoms with Gasteiger partial charge in [-0.15, -0.1) is 0 Å². The number of benzene rings is 1. The highest BCUT2D eigenvalue weighted by Crippen LogP contribution is 2.31. The number of aliphatic hydroxyl groups is 1. The molecule has 0 aliphatic heterocycles. The first-order valence-corrected chi connectivity index (χ1v) is 6.13. The molecule has 1 N–H and O–H groups in total. The van der Waals surface area contributed by atoms with Crippen molar-refractivity contribution in [1.82, 2.24) is 9.97 Å². The molecule has 1 aromatic carbocycles. The van der Waals surface area contributed by atoms with Crippen LogP contribution >= 0.6 is 0 Å². The van der Waals surface area contributed by atoms with E-state index in [2.05, 4.69) is 9.97 Å². The Balaban J connectivity index is 2.43. The number of nitro groups is 1. The van der Waals surface area contributed by atoms with Crippen molar-refractivity contribution in [3.05, 3.63) is 52.3 Å². The number of pyridine rings is 2. The van der Waals surface area contributed by atoms with E-state index >= 15 is 0 Å². The summed E-state index contributed by atoms with van der Waals surface area (Å²) >= 11 is 0. The van der Waals surface area contributed by atoms with Crippen molar-refractivity contribution < 1.29 is 10.0 Å². The molecule has 0 amide bonds. The zero-order valence-electron chi connectivity index (χ0n) is 10.5. The van der Waals surface area contributed by atoms with Gasteiger partial charge in [0.15, 0.2) is 0 Å². The molecule has 6 nitrogen and oxygen atoms in total. The predicted molar refractivity (Wildman–Crippen MR) is 74.5 cm³/mol. The lowest BCUT2D eigenvalue weighted by molar-refractivity contribution is -0.382. The third-order valence-corrected chi connectivity index (χ3v) is 3.15. The molecule has 3 rings (SSSR count). The highest BCUT2D eigenvalue weighted by atomic mass is 16.6. The molecule has 6 heteroatoms. The summed E-state index contributed by atoms with van der Waals surface area (Å²) in [4.78, 5) is 19.4. The van der Waals surface area contributed by atoms with Crippen molar-refractivity contribution >= 4 is 27.5 Å². The van der Waals surface area contributed by atoms with Crippen LogP contribution in [0.4, 0.5) is 5.69 Å². The highest BCUT2D eigenvalue weighted by molar-refractivity contribution is 6.07. The molecule has 3 aromatic rings. The van der Waals surface area contributed by atoms with Crippen LogP contribution in [0.1, 0.15) is 5.69 Å². The third-order valence-electron chi connectivity index (χ3n) is 3.15. The van der Waals surface area contributed by atoms with Crippen molar-refractivity contribution in [2.45, 2.75) is 6.42 Å². The molecule has 100 valence electrons. The standard InChI is InChI=1S/C14H11N3O3/c18-7-5-10-3-4-11-12(17(19)20)8-9-2-1-6-15-13(9)14(11)16-10/h1-4,6,8,18H,5,7H2. The van der Waals surface area contributed by atoms with E-state index in [9.17, 15) is 10.1 Å². The summed E-state index contributed by atoms with van der Waals surface area (Å²) < 4.78 is 0. The van der Waals surface area contributed by atoms with E-state index in [-0.39, 0.29) is 12.3 Å². The minimum Gasteiger partial charge on any atom is -0.396 e. The van der Waals surface area contributed by atoms with E-state index in [4.69, 9.17) is 5.11 Å². The molecular formula is C14H11N3O3. The predicted octanol–water partition coefficient (Wildman–Crippen LogP) is 2.23. The number of fused-ring (bicyclic) bond motifs is 3. The summed E-state index contributed by atoms with van der Waals surface area (Å²) in [6.07, 6.45) is 2.04. The molecule has 0 aliphatic carbocycles. The number of nitrogens with zero attached hydrogens (tertiary/aromatic N) is 3. The Kier molecular flexibility index (Phi) is 3.00. The summed E-state index contributed by atoms with van der Waals surface area (Å²) in [6, 6.07) is 8.38. The molecule has 2 aromatic heterocycles.